The van der Waals surface area contributed by atoms with Gasteiger partial charge < -0.3 is 14.6 Å². The summed E-state index contributed by atoms with van der Waals surface area (Å²) in [6, 6.07) is 0. The second-order valence-corrected chi connectivity index (χ2v) is 6.44. The lowest BCUT2D eigenvalue weighted by atomic mass is 9.87. The van der Waals surface area contributed by atoms with Crippen molar-refractivity contribution in [1.82, 2.24) is 4.90 Å². The zero-order valence-corrected chi connectivity index (χ0v) is 13.2. The number of carbonyl (C=O) groups excluding carboxylic acids is 1. The van der Waals surface area contributed by atoms with Gasteiger partial charge in [-0.05, 0) is 27.7 Å². The molecule has 0 unspecified atom stereocenters. The Balaban J connectivity index is 2.60. The highest BCUT2D eigenvalue weighted by atomic mass is 16.6. The quantitative estimate of drug-likeness (QED) is 0.591. The fraction of sp³-hybridized carbons (Fsp3) is 0.733. The first kappa shape index (κ1) is 17.7. The van der Waals surface area contributed by atoms with E-state index < -0.39 is 17.5 Å². The summed E-state index contributed by atoms with van der Waals surface area (Å²) in [7, 11) is 0. The average Bonchev–Trinajstić information content (AvgIpc) is 2.35. The van der Waals surface area contributed by atoms with Crippen LogP contribution in [0.4, 0.5) is 0 Å². The van der Waals surface area contributed by atoms with Gasteiger partial charge in [0, 0.05) is 37.2 Å². The normalized spacial score (nSPS) is 17.9. The van der Waals surface area contributed by atoms with Crippen LogP contribution in [0.2, 0.25) is 0 Å². The average molecular weight is 299 g/mol. The number of morpholine rings is 1. The van der Waals surface area contributed by atoms with E-state index >= 15 is 0 Å². The van der Waals surface area contributed by atoms with Crippen LogP contribution in [0.3, 0.4) is 0 Å². The molecule has 0 bridgehead atoms. The van der Waals surface area contributed by atoms with Gasteiger partial charge in [0.05, 0.1) is 13.2 Å². The van der Waals surface area contributed by atoms with Gasteiger partial charge in [-0.25, -0.2) is 9.59 Å². The van der Waals surface area contributed by atoms with E-state index in [0.29, 0.717) is 19.6 Å². The van der Waals surface area contributed by atoms with Crippen LogP contribution < -0.4 is 0 Å². The SMILES string of the molecule is CC(C)(CC(C)(C)N1CCOCC1)OC(=O)/C=C/C(=O)O. The van der Waals surface area contributed by atoms with Crippen molar-refractivity contribution in [2.24, 2.45) is 0 Å². The van der Waals surface area contributed by atoms with Crippen molar-refractivity contribution in [3.8, 4) is 0 Å². The number of hydrogen-bond donors (Lipinski definition) is 1. The highest BCUT2D eigenvalue weighted by Crippen LogP contribution is 2.29. The lowest BCUT2D eigenvalue weighted by molar-refractivity contribution is -0.154. The summed E-state index contributed by atoms with van der Waals surface area (Å²) in [6.07, 6.45) is 2.37. The Morgan fingerprint density at radius 1 is 1.19 bits per heavy atom. The summed E-state index contributed by atoms with van der Waals surface area (Å²) in [5.41, 5.74) is -0.814. The molecule has 1 heterocycles. The maximum atomic E-state index is 11.6. The summed E-state index contributed by atoms with van der Waals surface area (Å²) in [4.78, 5) is 24.3. The zero-order chi connectivity index (χ0) is 16.1. The van der Waals surface area contributed by atoms with Crippen LogP contribution in [-0.4, -0.2) is 59.4 Å². The predicted octanol–water partition coefficient (Wildman–Crippen LogP) is 1.45. The zero-order valence-electron chi connectivity index (χ0n) is 13.2. The third kappa shape index (κ3) is 6.27. The molecule has 1 aliphatic heterocycles. The minimum absolute atomic E-state index is 0.135. The van der Waals surface area contributed by atoms with Crippen molar-refractivity contribution in [3.63, 3.8) is 0 Å². The predicted molar refractivity (Wildman–Crippen MR) is 78.0 cm³/mol. The molecule has 1 aliphatic rings. The van der Waals surface area contributed by atoms with Crippen LogP contribution in [0, 0.1) is 0 Å². The van der Waals surface area contributed by atoms with Crippen LogP contribution >= 0.6 is 0 Å². The molecule has 6 nitrogen and oxygen atoms in total. The van der Waals surface area contributed by atoms with E-state index in [4.69, 9.17) is 14.6 Å². The Hall–Kier alpha value is -1.40. The standard InChI is InChI=1S/C15H25NO5/c1-14(2,16-7-9-20-10-8-16)11-15(3,4)21-13(19)6-5-12(17)18/h5-6H,7-11H2,1-4H3,(H,17,18)/b6-5+. The topological polar surface area (TPSA) is 76.1 Å². The molecular formula is C15H25NO5. The highest BCUT2D eigenvalue weighted by molar-refractivity contribution is 5.90. The molecule has 1 rings (SSSR count). The Morgan fingerprint density at radius 3 is 2.29 bits per heavy atom. The highest BCUT2D eigenvalue weighted by Gasteiger charge is 2.36. The number of carboxylic acids is 1. The molecule has 21 heavy (non-hydrogen) atoms. The van der Waals surface area contributed by atoms with E-state index in [1.165, 1.54) is 0 Å². The molecule has 1 saturated heterocycles. The van der Waals surface area contributed by atoms with E-state index in [-0.39, 0.29) is 5.54 Å². The first-order valence-electron chi connectivity index (χ1n) is 7.09. The van der Waals surface area contributed by atoms with Gasteiger partial charge in [0.15, 0.2) is 0 Å². The van der Waals surface area contributed by atoms with Crippen molar-refractivity contribution in [3.05, 3.63) is 12.2 Å². The van der Waals surface area contributed by atoms with E-state index in [9.17, 15) is 9.59 Å². The van der Waals surface area contributed by atoms with Crippen molar-refractivity contribution in [2.45, 2.75) is 45.3 Å². The Labute approximate surface area is 125 Å². The minimum atomic E-state index is -1.17. The first-order chi connectivity index (χ1) is 9.62. The number of aliphatic carboxylic acids is 1. The molecule has 1 N–H and O–H groups in total. The molecule has 1 fully saturated rings. The molecular weight excluding hydrogens is 274 g/mol. The molecule has 120 valence electrons. The second-order valence-electron chi connectivity index (χ2n) is 6.44. The lowest BCUT2D eigenvalue weighted by Gasteiger charge is -2.44. The molecule has 0 atom stereocenters. The van der Waals surface area contributed by atoms with Crippen LogP contribution in [0.5, 0.6) is 0 Å². The second kappa shape index (κ2) is 7.04. The van der Waals surface area contributed by atoms with Gasteiger partial charge in [-0.2, -0.15) is 0 Å². The molecule has 0 radical (unpaired) electrons. The van der Waals surface area contributed by atoms with Gasteiger partial charge in [-0.15, -0.1) is 0 Å². The smallest absolute Gasteiger partial charge is 0.331 e. The van der Waals surface area contributed by atoms with Gasteiger partial charge >= 0.3 is 11.9 Å². The van der Waals surface area contributed by atoms with Crippen LogP contribution in [0.15, 0.2) is 12.2 Å². The molecule has 0 aromatic carbocycles. The fourth-order valence-corrected chi connectivity index (χ4v) is 2.80. The maximum absolute atomic E-state index is 11.6. The molecule has 0 amide bonds. The molecule has 0 aromatic heterocycles. The van der Waals surface area contributed by atoms with E-state index in [1.807, 2.05) is 13.8 Å². The van der Waals surface area contributed by atoms with Crippen LogP contribution in [0.25, 0.3) is 0 Å². The first-order valence-corrected chi connectivity index (χ1v) is 7.09. The van der Waals surface area contributed by atoms with Gasteiger partial charge in [0.1, 0.15) is 5.60 Å². The number of esters is 1. The van der Waals surface area contributed by atoms with Crippen molar-refractivity contribution < 1.29 is 24.2 Å². The number of rotatable bonds is 6. The summed E-state index contributed by atoms with van der Waals surface area (Å²) in [5, 5.41) is 8.50. The van der Waals surface area contributed by atoms with E-state index in [2.05, 4.69) is 18.7 Å². The summed E-state index contributed by atoms with van der Waals surface area (Å²) >= 11 is 0. The van der Waals surface area contributed by atoms with E-state index in [0.717, 1.165) is 25.2 Å². The number of carbonyl (C=O) groups is 2. The largest absolute Gasteiger partial charge is 0.478 e. The van der Waals surface area contributed by atoms with Gasteiger partial charge in [-0.3, -0.25) is 4.90 Å². The van der Waals surface area contributed by atoms with Gasteiger partial charge in [-0.1, -0.05) is 0 Å². The third-order valence-electron chi connectivity index (χ3n) is 3.46. The minimum Gasteiger partial charge on any atom is -0.478 e. The third-order valence-corrected chi connectivity index (χ3v) is 3.46. The molecule has 0 aromatic rings. The van der Waals surface area contributed by atoms with Gasteiger partial charge in [0.25, 0.3) is 0 Å². The summed E-state index contributed by atoms with van der Waals surface area (Å²) in [5.74, 6) is -1.81. The van der Waals surface area contributed by atoms with Crippen LogP contribution in [0.1, 0.15) is 34.1 Å². The van der Waals surface area contributed by atoms with Crippen molar-refractivity contribution in [1.29, 1.82) is 0 Å². The monoisotopic (exact) mass is 299 g/mol. The Morgan fingerprint density at radius 2 is 1.76 bits per heavy atom. The molecule has 0 spiro atoms. The maximum Gasteiger partial charge on any atom is 0.331 e. The number of ether oxygens (including phenoxy) is 2. The molecule has 0 aliphatic carbocycles. The summed E-state index contributed by atoms with van der Waals surface area (Å²) < 4.78 is 10.7. The fourth-order valence-electron chi connectivity index (χ4n) is 2.80. The molecule has 0 saturated carbocycles. The Bertz CT molecular complexity index is 408. The van der Waals surface area contributed by atoms with Gasteiger partial charge in [0.2, 0.25) is 0 Å². The summed E-state index contributed by atoms with van der Waals surface area (Å²) in [6.45, 7) is 11.0. The van der Waals surface area contributed by atoms with Crippen LogP contribution in [-0.2, 0) is 19.1 Å². The Kier molecular flexibility index (Phi) is 5.92. The number of hydrogen-bond acceptors (Lipinski definition) is 5. The van der Waals surface area contributed by atoms with E-state index in [1.54, 1.807) is 0 Å². The molecule has 6 heteroatoms. The van der Waals surface area contributed by atoms with Crippen molar-refractivity contribution in [2.75, 3.05) is 26.3 Å². The number of carboxylic acid groups (broad SMARTS) is 1. The number of nitrogens with zero attached hydrogens (tertiary/aromatic N) is 1. The lowest BCUT2D eigenvalue weighted by Crippen LogP contribution is -2.53. The van der Waals surface area contributed by atoms with Crippen molar-refractivity contribution >= 4 is 11.9 Å².